The summed E-state index contributed by atoms with van der Waals surface area (Å²) in [7, 11) is 1.43. The number of benzene rings is 1. The first-order valence-electron chi connectivity index (χ1n) is 6.90. The predicted octanol–water partition coefficient (Wildman–Crippen LogP) is 3.37. The molecule has 0 saturated carbocycles. The normalized spacial score (nSPS) is 19.4. The zero-order valence-corrected chi connectivity index (χ0v) is 11.9. The lowest BCUT2D eigenvalue weighted by atomic mass is 9.93. The maximum atomic E-state index is 13.7. The summed E-state index contributed by atoms with van der Waals surface area (Å²) >= 11 is 0. The third kappa shape index (κ3) is 3.38. The molecular weight excluding hydrogens is 257 g/mol. The van der Waals surface area contributed by atoms with Gasteiger partial charge >= 0.3 is 0 Å². The molecule has 1 aromatic carbocycles. The van der Waals surface area contributed by atoms with E-state index in [1.165, 1.54) is 13.2 Å². The van der Waals surface area contributed by atoms with Crippen LogP contribution in [0.1, 0.15) is 37.8 Å². The summed E-state index contributed by atoms with van der Waals surface area (Å²) in [4.78, 5) is 12.1. The maximum absolute atomic E-state index is 13.7. The summed E-state index contributed by atoms with van der Waals surface area (Å²) in [5, 5.41) is 2.95. The molecule has 0 fully saturated rings. The molecule has 1 aliphatic carbocycles. The van der Waals surface area contributed by atoms with Crippen molar-refractivity contribution < 1.29 is 13.9 Å². The van der Waals surface area contributed by atoms with E-state index in [4.69, 9.17) is 4.74 Å². The summed E-state index contributed by atoms with van der Waals surface area (Å²) < 4.78 is 18.5. The van der Waals surface area contributed by atoms with Crippen LogP contribution in [0.15, 0.2) is 30.4 Å². The van der Waals surface area contributed by atoms with E-state index in [9.17, 15) is 9.18 Å². The zero-order valence-electron chi connectivity index (χ0n) is 11.9. The quantitative estimate of drug-likeness (QED) is 0.857. The first-order chi connectivity index (χ1) is 9.61. The molecule has 2 rings (SSSR count). The van der Waals surface area contributed by atoms with Gasteiger partial charge in [0, 0.05) is 5.92 Å². The Morgan fingerprint density at radius 1 is 1.45 bits per heavy atom. The van der Waals surface area contributed by atoms with E-state index in [0.29, 0.717) is 0 Å². The zero-order chi connectivity index (χ0) is 14.5. The van der Waals surface area contributed by atoms with Gasteiger partial charge in [-0.3, -0.25) is 4.79 Å². The van der Waals surface area contributed by atoms with Crippen LogP contribution < -0.4 is 10.1 Å². The number of nitrogens with one attached hydrogen (secondary N) is 1. The molecule has 1 aromatic rings. The van der Waals surface area contributed by atoms with Crippen molar-refractivity contribution in [3.05, 3.63) is 41.7 Å². The van der Waals surface area contributed by atoms with Gasteiger partial charge in [-0.05, 0) is 43.9 Å². The van der Waals surface area contributed by atoms with Gasteiger partial charge in [0.2, 0.25) is 5.91 Å². The highest BCUT2D eigenvalue weighted by Crippen LogP contribution is 2.23. The Bertz CT molecular complexity index is 513. The fraction of sp³-hybridized carbons (Fsp3) is 0.438. The van der Waals surface area contributed by atoms with Crippen LogP contribution >= 0.6 is 0 Å². The molecule has 0 aliphatic heterocycles. The van der Waals surface area contributed by atoms with Crippen LogP contribution in [0.4, 0.5) is 4.39 Å². The highest BCUT2D eigenvalue weighted by atomic mass is 19.1. The van der Waals surface area contributed by atoms with E-state index >= 15 is 0 Å². The second-order valence-corrected chi connectivity index (χ2v) is 5.11. The van der Waals surface area contributed by atoms with Gasteiger partial charge in [0.05, 0.1) is 13.2 Å². The molecule has 0 aromatic heterocycles. The fourth-order valence-corrected chi connectivity index (χ4v) is 2.40. The SMILES string of the molecule is COc1ccc([C@@H](C)NC(=O)[C@@H]2CC=CCC2)cc1F. The van der Waals surface area contributed by atoms with Crippen molar-refractivity contribution in [1.82, 2.24) is 5.32 Å². The molecule has 0 saturated heterocycles. The van der Waals surface area contributed by atoms with Gasteiger partial charge in [-0.25, -0.2) is 4.39 Å². The van der Waals surface area contributed by atoms with Crippen molar-refractivity contribution >= 4 is 5.91 Å². The van der Waals surface area contributed by atoms with Crippen LogP contribution in [0.5, 0.6) is 5.75 Å². The molecule has 0 spiro atoms. The van der Waals surface area contributed by atoms with Crippen molar-refractivity contribution in [1.29, 1.82) is 0 Å². The van der Waals surface area contributed by atoms with E-state index in [1.54, 1.807) is 12.1 Å². The molecule has 108 valence electrons. The molecule has 1 aliphatic rings. The highest BCUT2D eigenvalue weighted by Gasteiger charge is 2.21. The van der Waals surface area contributed by atoms with Gasteiger partial charge in [-0.1, -0.05) is 18.2 Å². The van der Waals surface area contributed by atoms with Crippen molar-refractivity contribution in [3.8, 4) is 5.75 Å². The Balaban J connectivity index is 2.00. The molecular formula is C16H20FNO2. The highest BCUT2D eigenvalue weighted by molar-refractivity contribution is 5.79. The van der Waals surface area contributed by atoms with Crippen molar-refractivity contribution in [2.75, 3.05) is 7.11 Å². The maximum Gasteiger partial charge on any atom is 0.223 e. The number of amides is 1. The van der Waals surface area contributed by atoms with Crippen LogP contribution in [0, 0.1) is 11.7 Å². The Hall–Kier alpha value is -1.84. The number of hydrogen-bond acceptors (Lipinski definition) is 2. The van der Waals surface area contributed by atoms with Crippen molar-refractivity contribution in [3.63, 3.8) is 0 Å². The summed E-state index contributed by atoms with van der Waals surface area (Å²) in [6, 6.07) is 4.54. The standard InChI is InChI=1S/C16H20FNO2/c1-11(13-8-9-15(20-2)14(17)10-13)18-16(19)12-6-4-3-5-7-12/h3-4,8-12H,5-7H2,1-2H3,(H,18,19)/t11-,12-/m1/s1. The van der Waals surface area contributed by atoms with Gasteiger partial charge in [0.25, 0.3) is 0 Å². The van der Waals surface area contributed by atoms with E-state index in [-0.39, 0.29) is 23.6 Å². The third-order valence-electron chi connectivity index (χ3n) is 3.67. The minimum absolute atomic E-state index is 0.0329. The molecule has 1 N–H and O–H groups in total. The summed E-state index contributed by atoms with van der Waals surface area (Å²) in [5.41, 5.74) is 0.739. The molecule has 0 unspecified atom stereocenters. The van der Waals surface area contributed by atoms with Crippen molar-refractivity contribution in [2.45, 2.75) is 32.2 Å². The van der Waals surface area contributed by atoms with Crippen LogP contribution in [-0.2, 0) is 4.79 Å². The Morgan fingerprint density at radius 3 is 2.85 bits per heavy atom. The molecule has 4 heteroatoms. The lowest BCUT2D eigenvalue weighted by molar-refractivity contribution is -0.125. The Morgan fingerprint density at radius 2 is 2.25 bits per heavy atom. The van der Waals surface area contributed by atoms with Gasteiger partial charge < -0.3 is 10.1 Å². The molecule has 0 heterocycles. The monoisotopic (exact) mass is 277 g/mol. The summed E-state index contributed by atoms with van der Waals surface area (Å²) in [6.07, 6.45) is 6.77. The number of methoxy groups -OCH3 is 1. The smallest absolute Gasteiger partial charge is 0.223 e. The predicted molar refractivity (Wildman–Crippen MR) is 76.0 cm³/mol. The first kappa shape index (κ1) is 14.6. The van der Waals surface area contributed by atoms with Crippen LogP contribution in [0.3, 0.4) is 0 Å². The van der Waals surface area contributed by atoms with Gasteiger partial charge in [-0.15, -0.1) is 0 Å². The Kier molecular flexibility index (Phi) is 4.77. The molecule has 2 atom stereocenters. The summed E-state index contributed by atoms with van der Waals surface area (Å²) in [6.45, 7) is 1.86. The lowest BCUT2D eigenvalue weighted by Gasteiger charge is -2.21. The van der Waals surface area contributed by atoms with Gasteiger partial charge in [0.1, 0.15) is 0 Å². The van der Waals surface area contributed by atoms with E-state index in [2.05, 4.69) is 11.4 Å². The number of rotatable bonds is 4. The van der Waals surface area contributed by atoms with Crippen LogP contribution in [0.25, 0.3) is 0 Å². The van der Waals surface area contributed by atoms with E-state index in [1.807, 2.05) is 13.0 Å². The van der Waals surface area contributed by atoms with E-state index < -0.39 is 5.82 Å². The number of carbonyl (C=O) groups is 1. The minimum Gasteiger partial charge on any atom is -0.494 e. The number of allylic oxidation sites excluding steroid dienone is 2. The lowest BCUT2D eigenvalue weighted by Crippen LogP contribution is -2.33. The number of ether oxygens (including phenoxy) is 1. The summed E-state index contributed by atoms with van der Waals surface area (Å²) in [5.74, 6) is -0.125. The third-order valence-corrected chi connectivity index (χ3v) is 3.67. The fourth-order valence-electron chi connectivity index (χ4n) is 2.40. The number of carbonyl (C=O) groups excluding carboxylic acids is 1. The second kappa shape index (κ2) is 6.55. The second-order valence-electron chi connectivity index (χ2n) is 5.11. The minimum atomic E-state index is -0.410. The first-order valence-corrected chi connectivity index (χ1v) is 6.90. The molecule has 3 nitrogen and oxygen atoms in total. The van der Waals surface area contributed by atoms with Gasteiger partial charge in [-0.2, -0.15) is 0 Å². The van der Waals surface area contributed by atoms with E-state index in [0.717, 1.165) is 24.8 Å². The molecule has 0 bridgehead atoms. The van der Waals surface area contributed by atoms with Gasteiger partial charge in [0.15, 0.2) is 11.6 Å². The molecule has 0 radical (unpaired) electrons. The Labute approximate surface area is 118 Å². The number of hydrogen-bond donors (Lipinski definition) is 1. The molecule has 1 amide bonds. The molecule has 20 heavy (non-hydrogen) atoms. The van der Waals surface area contributed by atoms with Crippen molar-refractivity contribution in [2.24, 2.45) is 5.92 Å². The van der Waals surface area contributed by atoms with Crippen LogP contribution in [0.2, 0.25) is 0 Å². The average Bonchev–Trinajstić information content (AvgIpc) is 2.48. The van der Waals surface area contributed by atoms with Crippen LogP contribution in [-0.4, -0.2) is 13.0 Å². The topological polar surface area (TPSA) is 38.3 Å². The average molecular weight is 277 g/mol. The number of halogens is 1. The largest absolute Gasteiger partial charge is 0.494 e.